The van der Waals surface area contributed by atoms with Gasteiger partial charge in [0.25, 0.3) is 0 Å². The predicted octanol–water partition coefficient (Wildman–Crippen LogP) is 7.57. The molecule has 0 saturated heterocycles. The Morgan fingerprint density at radius 3 is 1.06 bits per heavy atom. The zero-order chi connectivity index (χ0) is 22.2. The van der Waals surface area contributed by atoms with E-state index in [-0.39, 0.29) is 0 Å². The van der Waals surface area contributed by atoms with Gasteiger partial charge in [-0.05, 0) is 22.3 Å². The molecule has 0 amide bonds. The van der Waals surface area contributed by atoms with E-state index in [9.17, 15) is 0 Å². The van der Waals surface area contributed by atoms with E-state index < -0.39 is 0 Å². The van der Waals surface area contributed by atoms with Gasteiger partial charge in [-0.25, -0.2) is 15.0 Å². The van der Waals surface area contributed by atoms with Gasteiger partial charge in [0, 0.05) is 11.1 Å². The number of rotatable bonds is 4. The lowest BCUT2D eigenvalue weighted by atomic mass is 10.0. The molecule has 0 atom stereocenters. The third-order valence-corrected chi connectivity index (χ3v) is 5.07. The number of hydrogen-bond donors (Lipinski definition) is 0. The first-order valence-corrected chi connectivity index (χ1v) is 10.9. The molecule has 0 fully saturated rings. The maximum absolute atomic E-state index is 4.70. The van der Waals surface area contributed by atoms with Gasteiger partial charge in [0.2, 0.25) is 0 Å². The van der Waals surface area contributed by atoms with Crippen molar-refractivity contribution < 1.29 is 0 Å². The van der Waals surface area contributed by atoms with Gasteiger partial charge in [-0.3, -0.25) is 0 Å². The average Bonchev–Trinajstić information content (AvgIpc) is 2.91. The van der Waals surface area contributed by atoms with Crippen LogP contribution in [0.15, 0.2) is 116 Å². The van der Waals surface area contributed by atoms with Gasteiger partial charge in [0.05, 0.1) is 0 Å². The summed E-state index contributed by atoms with van der Waals surface area (Å²) in [5.74, 6) is 1.35. The SMILES string of the molecule is CC.c1ccc(-c2ccc(-c3ncnc(-c4ccc(-c5ccccc5)cc4)n3)cc2)cc1. The molecule has 0 bridgehead atoms. The lowest BCUT2D eigenvalue weighted by Gasteiger charge is -2.06. The van der Waals surface area contributed by atoms with Crippen molar-refractivity contribution in [2.24, 2.45) is 0 Å². The van der Waals surface area contributed by atoms with Crippen molar-refractivity contribution in [3.05, 3.63) is 116 Å². The third-order valence-electron chi connectivity index (χ3n) is 5.07. The van der Waals surface area contributed by atoms with Crippen molar-refractivity contribution in [3.63, 3.8) is 0 Å². The maximum atomic E-state index is 4.70. The Morgan fingerprint density at radius 1 is 0.375 bits per heavy atom. The number of hydrogen-bond acceptors (Lipinski definition) is 3. The van der Waals surface area contributed by atoms with Gasteiger partial charge >= 0.3 is 0 Å². The van der Waals surface area contributed by atoms with E-state index in [1.165, 1.54) is 22.3 Å². The number of nitrogens with zero attached hydrogens (tertiary/aromatic N) is 3. The molecule has 0 spiro atoms. The first-order valence-electron chi connectivity index (χ1n) is 10.9. The van der Waals surface area contributed by atoms with E-state index in [2.05, 4.69) is 82.8 Å². The lowest BCUT2D eigenvalue weighted by molar-refractivity contribution is 1.07. The Morgan fingerprint density at radius 2 is 0.688 bits per heavy atom. The van der Waals surface area contributed by atoms with Crippen LogP contribution in [0.4, 0.5) is 0 Å². The highest BCUT2D eigenvalue weighted by Gasteiger charge is 2.07. The van der Waals surface area contributed by atoms with Gasteiger partial charge in [-0.15, -0.1) is 0 Å². The largest absolute Gasteiger partial charge is 0.217 e. The fourth-order valence-electron chi connectivity index (χ4n) is 3.46. The lowest BCUT2D eigenvalue weighted by Crippen LogP contribution is -1.95. The van der Waals surface area contributed by atoms with Crippen molar-refractivity contribution >= 4 is 0 Å². The van der Waals surface area contributed by atoms with E-state index in [0.717, 1.165) is 11.1 Å². The summed E-state index contributed by atoms with van der Waals surface area (Å²) in [6.07, 6.45) is 1.58. The Labute approximate surface area is 189 Å². The van der Waals surface area contributed by atoms with Crippen molar-refractivity contribution in [2.75, 3.05) is 0 Å². The molecule has 0 unspecified atom stereocenters. The summed E-state index contributed by atoms with van der Waals surface area (Å²) in [6.45, 7) is 4.00. The number of aromatic nitrogens is 3. The molecule has 0 N–H and O–H groups in total. The summed E-state index contributed by atoms with van der Waals surface area (Å²) >= 11 is 0. The normalized spacial score (nSPS) is 10.2. The van der Waals surface area contributed by atoms with Gasteiger partial charge in [0.15, 0.2) is 11.6 Å². The van der Waals surface area contributed by atoms with Gasteiger partial charge in [-0.2, -0.15) is 0 Å². The topological polar surface area (TPSA) is 38.7 Å². The van der Waals surface area contributed by atoms with Crippen LogP contribution in [0.25, 0.3) is 45.0 Å². The molecule has 0 saturated carbocycles. The van der Waals surface area contributed by atoms with Crippen LogP contribution in [0, 0.1) is 0 Å². The second kappa shape index (κ2) is 10.3. The van der Waals surface area contributed by atoms with Crippen molar-refractivity contribution in [1.29, 1.82) is 0 Å². The molecule has 3 nitrogen and oxygen atoms in total. The molecule has 0 aliphatic heterocycles. The van der Waals surface area contributed by atoms with E-state index in [4.69, 9.17) is 4.98 Å². The summed E-state index contributed by atoms with van der Waals surface area (Å²) in [5, 5.41) is 0. The highest BCUT2D eigenvalue weighted by molar-refractivity contribution is 5.70. The van der Waals surface area contributed by atoms with Crippen molar-refractivity contribution in [1.82, 2.24) is 15.0 Å². The van der Waals surface area contributed by atoms with Crippen LogP contribution in [0.1, 0.15) is 13.8 Å². The summed E-state index contributed by atoms with van der Waals surface area (Å²) in [5.41, 5.74) is 6.67. The first kappa shape index (κ1) is 21.1. The van der Waals surface area contributed by atoms with Gasteiger partial charge in [0.1, 0.15) is 6.33 Å². The molecule has 1 heterocycles. The summed E-state index contributed by atoms with van der Waals surface area (Å²) in [7, 11) is 0. The predicted molar refractivity (Wildman–Crippen MR) is 133 cm³/mol. The standard InChI is InChI=1S/C27H19N3.C2H6/c1-3-7-20(8-4-1)22-11-15-24(16-12-22)26-28-19-29-27(30-26)25-17-13-23(14-18-25)21-9-5-2-6-10-21;1-2/h1-19H;1-2H3. The Kier molecular flexibility index (Phi) is 6.78. The summed E-state index contributed by atoms with van der Waals surface area (Å²) < 4.78 is 0. The number of benzene rings is 4. The zero-order valence-corrected chi connectivity index (χ0v) is 18.3. The van der Waals surface area contributed by atoms with Gasteiger partial charge in [-0.1, -0.05) is 123 Å². The molecule has 32 heavy (non-hydrogen) atoms. The molecule has 4 aromatic carbocycles. The molecule has 3 heteroatoms. The molecule has 5 rings (SSSR count). The highest BCUT2D eigenvalue weighted by atomic mass is 15.0. The summed E-state index contributed by atoms with van der Waals surface area (Å²) in [4.78, 5) is 13.5. The van der Waals surface area contributed by atoms with E-state index in [0.29, 0.717) is 11.6 Å². The van der Waals surface area contributed by atoms with Crippen LogP contribution in [0.5, 0.6) is 0 Å². The Hall–Kier alpha value is -4.11. The van der Waals surface area contributed by atoms with E-state index in [1.807, 2.05) is 50.2 Å². The van der Waals surface area contributed by atoms with Crippen LogP contribution in [-0.2, 0) is 0 Å². The quantitative estimate of drug-likeness (QED) is 0.304. The Balaban J connectivity index is 0.00000119. The van der Waals surface area contributed by atoms with Crippen LogP contribution in [0.2, 0.25) is 0 Å². The molecule has 0 aliphatic rings. The molecular weight excluding hydrogens is 390 g/mol. The molecule has 0 radical (unpaired) electrons. The van der Waals surface area contributed by atoms with Crippen LogP contribution >= 0.6 is 0 Å². The minimum atomic E-state index is 0.673. The molecule has 156 valence electrons. The monoisotopic (exact) mass is 415 g/mol. The fraction of sp³-hybridized carbons (Fsp3) is 0.0690. The third kappa shape index (κ3) is 4.79. The van der Waals surface area contributed by atoms with Crippen molar-refractivity contribution in [2.45, 2.75) is 13.8 Å². The Bertz CT molecular complexity index is 1150. The second-order valence-electron chi connectivity index (χ2n) is 7.02. The van der Waals surface area contributed by atoms with Crippen LogP contribution < -0.4 is 0 Å². The fourth-order valence-corrected chi connectivity index (χ4v) is 3.46. The van der Waals surface area contributed by atoms with E-state index >= 15 is 0 Å². The van der Waals surface area contributed by atoms with Crippen LogP contribution in [-0.4, -0.2) is 15.0 Å². The zero-order valence-electron chi connectivity index (χ0n) is 18.3. The average molecular weight is 416 g/mol. The minimum Gasteiger partial charge on any atom is -0.217 e. The van der Waals surface area contributed by atoms with E-state index in [1.54, 1.807) is 6.33 Å². The first-order chi connectivity index (χ1) is 15.9. The van der Waals surface area contributed by atoms with Gasteiger partial charge < -0.3 is 0 Å². The maximum Gasteiger partial charge on any atom is 0.163 e. The molecule has 1 aromatic heterocycles. The summed E-state index contributed by atoms with van der Waals surface area (Å²) in [6, 6.07) is 37.3. The minimum absolute atomic E-state index is 0.673. The molecule has 5 aromatic rings. The highest BCUT2D eigenvalue weighted by Crippen LogP contribution is 2.25. The second-order valence-corrected chi connectivity index (χ2v) is 7.02. The molecular formula is C29H25N3. The smallest absolute Gasteiger partial charge is 0.163 e. The molecule has 0 aliphatic carbocycles. The van der Waals surface area contributed by atoms with Crippen LogP contribution in [0.3, 0.4) is 0 Å². The van der Waals surface area contributed by atoms with Crippen molar-refractivity contribution in [3.8, 4) is 45.0 Å².